The summed E-state index contributed by atoms with van der Waals surface area (Å²) in [5.74, 6) is 1.02. The predicted molar refractivity (Wildman–Crippen MR) is 122 cm³/mol. The summed E-state index contributed by atoms with van der Waals surface area (Å²) in [6, 6.07) is 11.6. The van der Waals surface area contributed by atoms with Crippen molar-refractivity contribution in [3.8, 4) is 17.2 Å². The number of hydrogen-bond donors (Lipinski definition) is 1. The third-order valence-electron chi connectivity index (χ3n) is 5.73. The number of anilines is 1. The Balaban J connectivity index is 1.58. The normalized spacial score (nSPS) is 14.8. The number of hydrogen-bond acceptors (Lipinski definition) is 7. The van der Waals surface area contributed by atoms with Gasteiger partial charge in [0, 0.05) is 25.3 Å². The minimum Gasteiger partial charge on any atom is -0.497 e. The lowest BCUT2D eigenvalue weighted by Crippen LogP contribution is -2.16. The van der Waals surface area contributed by atoms with E-state index in [9.17, 15) is 12.8 Å². The van der Waals surface area contributed by atoms with Crippen LogP contribution in [0.3, 0.4) is 0 Å². The first-order valence-electron chi connectivity index (χ1n) is 10.9. The fourth-order valence-electron chi connectivity index (χ4n) is 3.81. The molecule has 0 atom stereocenters. The van der Waals surface area contributed by atoms with Crippen LogP contribution in [0.15, 0.2) is 62.9 Å². The molecule has 0 unspecified atom stereocenters. The first-order valence-corrected chi connectivity index (χ1v) is 12.4. The molecule has 3 aromatic rings. The molecule has 1 aromatic heterocycles. The van der Waals surface area contributed by atoms with E-state index in [0.29, 0.717) is 23.8 Å². The van der Waals surface area contributed by atoms with Crippen molar-refractivity contribution in [2.24, 2.45) is 5.92 Å². The number of aromatic nitrogens is 1. The highest BCUT2D eigenvalue weighted by molar-refractivity contribution is 7.91. The molecule has 2 heterocycles. The van der Waals surface area contributed by atoms with Crippen molar-refractivity contribution >= 4 is 15.7 Å². The zero-order valence-corrected chi connectivity index (χ0v) is 19.2. The van der Waals surface area contributed by atoms with E-state index in [2.05, 4.69) is 10.3 Å². The van der Waals surface area contributed by atoms with Crippen molar-refractivity contribution in [2.45, 2.75) is 35.6 Å². The molecule has 1 saturated heterocycles. The summed E-state index contributed by atoms with van der Waals surface area (Å²) < 4.78 is 56.3. The van der Waals surface area contributed by atoms with Gasteiger partial charge in [-0.25, -0.2) is 12.8 Å². The van der Waals surface area contributed by atoms with Gasteiger partial charge in [0.25, 0.3) is 0 Å². The Labute approximate surface area is 192 Å². The van der Waals surface area contributed by atoms with Gasteiger partial charge in [-0.3, -0.25) is 0 Å². The van der Waals surface area contributed by atoms with E-state index in [1.807, 2.05) is 0 Å². The van der Waals surface area contributed by atoms with Crippen molar-refractivity contribution in [3.63, 3.8) is 0 Å². The molecule has 9 heteroatoms. The molecule has 0 saturated carbocycles. The molecule has 0 spiro atoms. The van der Waals surface area contributed by atoms with E-state index in [1.165, 1.54) is 12.1 Å². The summed E-state index contributed by atoms with van der Waals surface area (Å²) in [5.41, 5.74) is 0.613. The molecule has 1 aliphatic heterocycles. The molecule has 2 aromatic carbocycles. The van der Waals surface area contributed by atoms with Gasteiger partial charge in [0.1, 0.15) is 11.6 Å². The zero-order valence-electron chi connectivity index (χ0n) is 18.4. The number of rotatable bonds is 9. The van der Waals surface area contributed by atoms with Crippen molar-refractivity contribution in [3.05, 3.63) is 54.3 Å². The summed E-state index contributed by atoms with van der Waals surface area (Å²) >= 11 is 0. The summed E-state index contributed by atoms with van der Waals surface area (Å²) in [5, 5.41) is 2.90. The van der Waals surface area contributed by atoms with Gasteiger partial charge in [0.15, 0.2) is 0 Å². The maximum absolute atomic E-state index is 13.3. The van der Waals surface area contributed by atoms with Crippen molar-refractivity contribution in [1.29, 1.82) is 0 Å². The van der Waals surface area contributed by atoms with Crippen LogP contribution in [0.5, 0.6) is 5.75 Å². The summed E-state index contributed by atoms with van der Waals surface area (Å²) in [4.78, 5) is 4.25. The highest BCUT2D eigenvalue weighted by atomic mass is 32.2. The van der Waals surface area contributed by atoms with Crippen molar-refractivity contribution < 1.29 is 26.7 Å². The molecular weight excluding hydrogens is 447 g/mol. The largest absolute Gasteiger partial charge is 0.497 e. The zero-order chi connectivity index (χ0) is 23.3. The number of methoxy groups -OCH3 is 1. The maximum Gasteiger partial charge on any atom is 0.233 e. The Morgan fingerprint density at radius 1 is 1.09 bits per heavy atom. The van der Waals surface area contributed by atoms with Crippen LogP contribution in [-0.4, -0.2) is 40.3 Å². The van der Waals surface area contributed by atoms with Crippen LogP contribution in [0.4, 0.5) is 10.3 Å². The first-order chi connectivity index (χ1) is 16.0. The number of benzene rings is 2. The number of halogens is 1. The lowest BCUT2D eigenvalue weighted by Gasteiger charge is -2.21. The Kier molecular flexibility index (Phi) is 7.29. The topological polar surface area (TPSA) is 90.7 Å². The summed E-state index contributed by atoms with van der Waals surface area (Å²) in [7, 11) is -2.45. The lowest BCUT2D eigenvalue weighted by atomic mass is 9.95. The van der Waals surface area contributed by atoms with Gasteiger partial charge in [-0.1, -0.05) is 0 Å². The predicted octanol–water partition coefficient (Wildman–Crippen LogP) is 4.94. The Hall–Kier alpha value is -2.91. The van der Waals surface area contributed by atoms with Gasteiger partial charge in [-0.2, -0.15) is 4.98 Å². The fraction of sp³-hybridized carbons (Fsp3) is 0.375. The van der Waals surface area contributed by atoms with Crippen LogP contribution >= 0.6 is 0 Å². The summed E-state index contributed by atoms with van der Waals surface area (Å²) in [6.07, 6.45) is 3.98. The highest BCUT2D eigenvalue weighted by Crippen LogP contribution is 2.33. The van der Waals surface area contributed by atoms with Crippen molar-refractivity contribution in [2.75, 3.05) is 32.2 Å². The molecule has 33 heavy (non-hydrogen) atoms. The summed E-state index contributed by atoms with van der Waals surface area (Å²) in [6.45, 7) is 2.14. The Morgan fingerprint density at radius 2 is 1.79 bits per heavy atom. The van der Waals surface area contributed by atoms with Crippen LogP contribution in [-0.2, 0) is 14.6 Å². The molecule has 7 nitrogen and oxygen atoms in total. The standard InChI is InChI=1S/C24H27FN2O5S/c1-30-20-8-4-18(5-9-20)22-27-24(33(28,29)21-10-6-19(25)7-11-21)23(32-22)26-14-2-3-17-12-15-31-16-13-17/h4-11,17,26H,2-3,12-16H2,1H3. The van der Waals surface area contributed by atoms with Gasteiger partial charge in [0.2, 0.25) is 26.6 Å². The average Bonchev–Trinajstić information content (AvgIpc) is 3.28. The molecular formula is C24H27FN2O5S. The van der Waals surface area contributed by atoms with Gasteiger partial charge < -0.3 is 19.2 Å². The fourth-order valence-corrected chi connectivity index (χ4v) is 5.09. The molecule has 1 fully saturated rings. The van der Waals surface area contributed by atoms with E-state index in [1.54, 1.807) is 31.4 Å². The number of oxazole rings is 1. The lowest BCUT2D eigenvalue weighted by molar-refractivity contribution is 0.0636. The van der Waals surface area contributed by atoms with E-state index in [4.69, 9.17) is 13.9 Å². The second-order valence-corrected chi connectivity index (χ2v) is 9.83. The second-order valence-electron chi connectivity index (χ2n) is 7.96. The molecule has 0 bridgehead atoms. The molecule has 0 radical (unpaired) electrons. The second kappa shape index (κ2) is 10.4. The SMILES string of the molecule is COc1ccc(-c2nc(S(=O)(=O)c3ccc(F)cc3)c(NCCCC3CCOCC3)o2)cc1. The number of sulfone groups is 1. The van der Waals surface area contributed by atoms with E-state index >= 15 is 0 Å². The monoisotopic (exact) mass is 474 g/mol. The quantitative estimate of drug-likeness (QED) is 0.347. The smallest absolute Gasteiger partial charge is 0.233 e. The number of nitrogens with zero attached hydrogens (tertiary/aromatic N) is 1. The average molecular weight is 475 g/mol. The van der Waals surface area contributed by atoms with Crippen LogP contribution in [0.2, 0.25) is 0 Å². The van der Waals surface area contributed by atoms with Crippen molar-refractivity contribution in [1.82, 2.24) is 4.98 Å². The minimum atomic E-state index is -4.02. The molecule has 1 aliphatic rings. The number of ether oxygens (including phenoxy) is 2. The minimum absolute atomic E-state index is 0.0521. The van der Waals surface area contributed by atoms with E-state index in [0.717, 1.165) is 51.0 Å². The highest BCUT2D eigenvalue weighted by Gasteiger charge is 2.28. The Bertz CT molecular complexity index is 1150. The van der Waals surface area contributed by atoms with Gasteiger partial charge >= 0.3 is 0 Å². The van der Waals surface area contributed by atoms with Gasteiger partial charge in [0.05, 0.1) is 12.0 Å². The molecule has 1 N–H and O–H groups in total. The van der Waals surface area contributed by atoms with Gasteiger partial charge in [-0.15, -0.1) is 0 Å². The van der Waals surface area contributed by atoms with Crippen LogP contribution < -0.4 is 10.1 Å². The van der Waals surface area contributed by atoms with E-state index < -0.39 is 15.7 Å². The first kappa shape index (κ1) is 23.3. The number of nitrogens with one attached hydrogen (secondary N) is 1. The van der Waals surface area contributed by atoms with E-state index in [-0.39, 0.29) is 21.7 Å². The van der Waals surface area contributed by atoms with Crippen LogP contribution in [0.25, 0.3) is 11.5 Å². The van der Waals surface area contributed by atoms with Crippen LogP contribution in [0.1, 0.15) is 25.7 Å². The third-order valence-corrected chi connectivity index (χ3v) is 7.41. The molecule has 4 rings (SSSR count). The molecule has 0 amide bonds. The molecule has 0 aliphatic carbocycles. The third kappa shape index (κ3) is 5.54. The molecule has 176 valence electrons. The maximum atomic E-state index is 13.3. The van der Waals surface area contributed by atoms with Gasteiger partial charge in [-0.05, 0) is 80.1 Å². The van der Waals surface area contributed by atoms with Crippen LogP contribution in [0, 0.1) is 11.7 Å². The Morgan fingerprint density at radius 3 is 2.45 bits per heavy atom.